The van der Waals surface area contributed by atoms with Crippen molar-refractivity contribution >= 4 is 37.1 Å². The van der Waals surface area contributed by atoms with Crippen LogP contribution in [0.25, 0.3) is 0 Å². The quantitative estimate of drug-likeness (QED) is 0.618. The van der Waals surface area contributed by atoms with Gasteiger partial charge in [0.25, 0.3) is 20.0 Å². The predicted molar refractivity (Wildman–Crippen MR) is 109 cm³/mol. The first-order chi connectivity index (χ1) is 14.2. The molecular formula is C19H16F2N2O4S3. The zero-order valence-electron chi connectivity index (χ0n) is 15.4. The highest BCUT2D eigenvalue weighted by Crippen LogP contribution is 2.29. The molecule has 0 spiro atoms. The number of hydrogen-bond acceptors (Lipinski definition) is 5. The maximum Gasteiger partial charge on any atom is 0.264 e. The van der Waals surface area contributed by atoms with E-state index in [-0.39, 0.29) is 16.4 Å². The van der Waals surface area contributed by atoms with Crippen molar-refractivity contribution in [2.24, 2.45) is 0 Å². The molecule has 2 heterocycles. The average Bonchev–Trinajstić information content (AvgIpc) is 3.22. The summed E-state index contributed by atoms with van der Waals surface area (Å²) in [6.45, 7) is 0.412. The normalized spacial score (nSPS) is 15.0. The number of rotatable bonds is 5. The van der Waals surface area contributed by atoms with Crippen LogP contribution in [0.1, 0.15) is 11.1 Å². The van der Waals surface area contributed by atoms with Gasteiger partial charge in [0.2, 0.25) is 0 Å². The van der Waals surface area contributed by atoms with E-state index in [4.69, 9.17) is 0 Å². The van der Waals surface area contributed by atoms with Gasteiger partial charge in [0.15, 0.2) is 0 Å². The lowest BCUT2D eigenvalue weighted by Crippen LogP contribution is -2.35. The maximum absolute atomic E-state index is 13.9. The molecule has 0 radical (unpaired) electrons. The second-order valence-electron chi connectivity index (χ2n) is 6.68. The standard InChI is InChI=1S/C19H16F2N2O4S3/c20-15-4-6-18(17(21)11-15)29(24,25)22-16-5-3-13-7-8-23(12-14(13)10-16)30(26,27)19-2-1-9-28-19/h1-6,9-11,22H,7-8,12H2. The van der Waals surface area contributed by atoms with Gasteiger partial charge in [0.1, 0.15) is 20.7 Å². The minimum absolute atomic E-state index is 0.0933. The van der Waals surface area contributed by atoms with Crippen molar-refractivity contribution in [3.63, 3.8) is 0 Å². The van der Waals surface area contributed by atoms with E-state index < -0.39 is 36.6 Å². The fraction of sp³-hybridized carbons (Fsp3) is 0.158. The second-order valence-corrected chi connectivity index (χ2v) is 11.4. The molecule has 30 heavy (non-hydrogen) atoms. The van der Waals surface area contributed by atoms with Crippen molar-refractivity contribution in [3.8, 4) is 0 Å². The molecule has 158 valence electrons. The summed E-state index contributed by atoms with van der Waals surface area (Å²) in [6, 6.07) is 10.2. The first-order valence-electron chi connectivity index (χ1n) is 8.80. The zero-order valence-corrected chi connectivity index (χ0v) is 17.8. The molecule has 2 aromatic carbocycles. The number of hydrogen-bond donors (Lipinski definition) is 1. The third kappa shape index (κ3) is 3.97. The van der Waals surface area contributed by atoms with E-state index in [2.05, 4.69) is 4.72 Å². The van der Waals surface area contributed by atoms with Crippen molar-refractivity contribution < 1.29 is 25.6 Å². The van der Waals surface area contributed by atoms with Crippen molar-refractivity contribution in [1.82, 2.24) is 4.31 Å². The predicted octanol–water partition coefficient (Wildman–Crippen LogP) is 3.57. The third-order valence-electron chi connectivity index (χ3n) is 4.71. The van der Waals surface area contributed by atoms with E-state index in [0.29, 0.717) is 24.6 Å². The van der Waals surface area contributed by atoms with Crippen molar-refractivity contribution in [2.45, 2.75) is 22.1 Å². The first kappa shape index (κ1) is 20.9. The van der Waals surface area contributed by atoms with Gasteiger partial charge in [-0.2, -0.15) is 4.31 Å². The van der Waals surface area contributed by atoms with Crippen LogP contribution in [0.2, 0.25) is 0 Å². The van der Waals surface area contributed by atoms with Crippen molar-refractivity contribution in [3.05, 3.63) is 76.7 Å². The highest BCUT2D eigenvalue weighted by Gasteiger charge is 2.29. The minimum atomic E-state index is -4.29. The van der Waals surface area contributed by atoms with Crippen LogP contribution in [0.15, 0.2) is 63.0 Å². The summed E-state index contributed by atoms with van der Waals surface area (Å²) < 4.78 is 81.4. The van der Waals surface area contributed by atoms with E-state index in [1.165, 1.54) is 22.5 Å². The molecule has 1 aromatic heterocycles. The van der Waals surface area contributed by atoms with Gasteiger partial charge in [0, 0.05) is 24.8 Å². The Morgan fingerprint density at radius 3 is 2.47 bits per heavy atom. The van der Waals surface area contributed by atoms with Gasteiger partial charge >= 0.3 is 0 Å². The Balaban J connectivity index is 1.60. The van der Waals surface area contributed by atoms with Gasteiger partial charge < -0.3 is 0 Å². The van der Waals surface area contributed by atoms with Crippen LogP contribution in [-0.2, 0) is 33.0 Å². The van der Waals surface area contributed by atoms with Crippen LogP contribution in [-0.4, -0.2) is 27.7 Å². The van der Waals surface area contributed by atoms with Crippen LogP contribution >= 0.6 is 11.3 Å². The fourth-order valence-electron chi connectivity index (χ4n) is 3.24. The number of nitrogens with zero attached hydrogens (tertiary/aromatic N) is 1. The largest absolute Gasteiger partial charge is 0.280 e. The number of anilines is 1. The topological polar surface area (TPSA) is 83.6 Å². The van der Waals surface area contributed by atoms with E-state index in [0.717, 1.165) is 29.0 Å². The van der Waals surface area contributed by atoms with Crippen LogP contribution in [0, 0.1) is 11.6 Å². The molecule has 0 saturated heterocycles. The Hall–Kier alpha value is -2.34. The lowest BCUT2D eigenvalue weighted by atomic mass is 10.0. The van der Waals surface area contributed by atoms with Crippen LogP contribution < -0.4 is 4.72 Å². The number of fused-ring (bicyclic) bond motifs is 1. The molecule has 0 amide bonds. The molecule has 0 saturated carbocycles. The lowest BCUT2D eigenvalue weighted by molar-refractivity contribution is 0.392. The van der Waals surface area contributed by atoms with Crippen LogP contribution in [0.3, 0.4) is 0 Å². The Kier molecular flexibility index (Phi) is 5.39. The smallest absolute Gasteiger partial charge is 0.264 e. The summed E-state index contributed by atoms with van der Waals surface area (Å²) in [6.07, 6.45) is 0.486. The van der Waals surface area contributed by atoms with Gasteiger partial charge in [-0.3, -0.25) is 4.72 Å². The molecule has 6 nitrogen and oxygen atoms in total. The number of nitrogens with one attached hydrogen (secondary N) is 1. The Bertz CT molecular complexity index is 1310. The summed E-state index contributed by atoms with van der Waals surface area (Å²) in [5.41, 5.74) is 1.72. The molecule has 1 aliphatic heterocycles. The maximum atomic E-state index is 13.9. The molecule has 0 bridgehead atoms. The van der Waals surface area contributed by atoms with Gasteiger partial charge in [-0.1, -0.05) is 12.1 Å². The van der Waals surface area contributed by atoms with Gasteiger partial charge in [-0.15, -0.1) is 11.3 Å². The van der Waals surface area contributed by atoms with E-state index in [1.54, 1.807) is 17.5 Å². The first-order valence-corrected chi connectivity index (χ1v) is 12.6. The highest BCUT2D eigenvalue weighted by molar-refractivity contribution is 7.92. The highest BCUT2D eigenvalue weighted by atomic mass is 32.2. The van der Waals surface area contributed by atoms with E-state index in [1.807, 2.05) is 0 Å². The van der Waals surface area contributed by atoms with Gasteiger partial charge in [0.05, 0.1) is 0 Å². The second kappa shape index (κ2) is 7.73. The average molecular weight is 471 g/mol. The summed E-state index contributed by atoms with van der Waals surface area (Å²) >= 11 is 1.13. The number of halogens is 2. The number of thiophene rings is 1. The molecule has 11 heteroatoms. The Labute approximate surface area is 176 Å². The Morgan fingerprint density at radius 1 is 0.967 bits per heavy atom. The molecule has 0 fully saturated rings. The van der Waals surface area contributed by atoms with Crippen LogP contribution in [0.4, 0.5) is 14.5 Å². The molecule has 4 rings (SSSR count). The molecule has 1 N–H and O–H groups in total. The van der Waals surface area contributed by atoms with Crippen molar-refractivity contribution in [2.75, 3.05) is 11.3 Å². The number of benzene rings is 2. The van der Waals surface area contributed by atoms with Gasteiger partial charge in [-0.25, -0.2) is 25.6 Å². The summed E-state index contributed by atoms with van der Waals surface area (Å²) in [5, 5.41) is 1.69. The third-order valence-corrected chi connectivity index (χ3v) is 9.34. The lowest BCUT2D eigenvalue weighted by Gasteiger charge is -2.28. The minimum Gasteiger partial charge on any atom is -0.280 e. The molecule has 3 aromatic rings. The summed E-state index contributed by atoms with van der Waals surface area (Å²) in [4.78, 5) is -0.677. The fourth-order valence-corrected chi connectivity index (χ4v) is 6.91. The van der Waals surface area contributed by atoms with Crippen LogP contribution in [0.5, 0.6) is 0 Å². The van der Waals surface area contributed by atoms with E-state index in [9.17, 15) is 25.6 Å². The molecule has 0 unspecified atom stereocenters. The summed E-state index contributed by atoms with van der Waals surface area (Å²) in [5.74, 6) is -2.08. The molecule has 0 atom stereocenters. The van der Waals surface area contributed by atoms with Crippen molar-refractivity contribution in [1.29, 1.82) is 0 Å². The summed E-state index contributed by atoms with van der Waals surface area (Å²) in [7, 11) is -7.92. The monoisotopic (exact) mass is 470 g/mol. The molecular weight excluding hydrogens is 454 g/mol. The molecule has 1 aliphatic rings. The number of sulfonamides is 2. The Morgan fingerprint density at radius 2 is 1.77 bits per heavy atom. The molecule has 0 aliphatic carbocycles. The van der Waals surface area contributed by atoms with E-state index >= 15 is 0 Å². The zero-order chi connectivity index (χ0) is 21.5. The van der Waals surface area contributed by atoms with Gasteiger partial charge in [-0.05, 0) is 53.3 Å². The SMILES string of the molecule is O=S(=O)(Nc1ccc2c(c1)CN(S(=O)(=O)c1cccs1)CC2)c1ccc(F)cc1F.